The fourth-order valence-electron chi connectivity index (χ4n) is 1.41. The Kier molecular flexibility index (Phi) is 5.46. The van der Waals surface area contributed by atoms with Crippen LogP contribution in [0.3, 0.4) is 0 Å². The zero-order valence-electron chi connectivity index (χ0n) is 10.8. The van der Waals surface area contributed by atoms with Gasteiger partial charge >= 0.3 is 0 Å². The molecule has 0 bridgehead atoms. The number of anilines is 2. The van der Waals surface area contributed by atoms with Crippen molar-refractivity contribution in [3.63, 3.8) is 0 Å². The molecule has 0 unspecified atom stereocenters. The van der Waals surface area contributed by atoms with Crippen LogP contribution in [0.5, 0.6) is 0 Å². The second kappa shape index (κ2) is 6.89. The van der Waals surface area contributed by atoms with Crippen LogP contribution in [0.15, 0.2) is 18.3 Å². The van der Waals surface area contributed by atoms with Gasteiger partial charge in [-0.25, -0.2) is 4.98 Å². The van der Waals surface area contributed by atoms with E-state index in [9.17, 15) is 4.79 Å². The molecular formula is C13H21N3O. The maximum Gasteiger partial charge on any atom is 0.225 e. The number of amides is 1. The molecule has 1 aromatic heterocycles. The number of carbonyl (C=O) groups excluding carboxylic acids is 1. The summed E-state index contributed by atoms with van der Waals surface area (Å²) in [6.07, 6.45) is 3.34. The summed E-state index contributed by atoms with van der Waals surface area (Å²) < 4.78 is 0. The quantitative estimate of drug-likeness (QED) is 0.797. The van der Waals surface area contributed by atoms with Gasteiger partial charge < -0.3 is 10.6 Å². The highest BCUT2D eigenvalue weighted by atomic mass is 16.1. The molecule has 4 nitrogen and oxygen atoms in total. The van der Waals surface area contributed by atoms with E-state index < -0.39 is 0 Å². The third-order valence-electron chi connectivity index (χ3n) is 2.20. The summed E-state index contributed by atoms with van der Waals surface area (Å²) in [5.41, 5.74) is 0.980. The third kappa shape index (κ3) is 5.33. The number of aromatic nitrogens is 1. The van der Waals surface area contributed by atoms with Crippen molar-refractivity contribution in [3.8, 4) is 0 Å². The van der Waals surface area contributed by atoms with E-state index in [1.54, 1.807) is 6.20 Å². The lowest BCUT2D eigenvalue weighted by atomic mass is 10.1. The van der Waals surface area contributed by atoms with Crippen molar-refractivity contribution in [2.45, 2.75) is 33.6 Å². The first-order chi connectivity index (χ1) is 8.11. The minimum absolute atomic E-state index is 0.0155. The molecule has 1 amide bonds. The minimum Gasteiger partial charge on any atom is -0.384 e. The van der Waals surface area contributed by atoms with Crippen molar-refractivity contribution in [3.05, 3.63) is 18.3 Å². The van der Waals surface area contributed by atoms with E-state index in [0.717, 1.165) is 18.7 Å². The Labute approximate surface area is 103 Å². The fraction of sp³-hybridized carbons (Fsp3) is 0.538. The molecule has 2 N–H and O–H groups in total. The normalized spacial score (nSPS) is 10.4. The van der Waals surface area contributed by atoms with E-state index in [4.69, 9.17) is 0 Å². The summed E-state index contributed by atoms with van der Waals surface area (Å²) >= 11 is 0. The van der Waals surface area contributed by atoms with E-state index >= 15 is 0 Å². The second-order valence-corrected chi connectivity index (χ2v) is 4.51. The summed E-state index contributed by atoms with van der Waals surface area (Å²) in [5.74, 6) is 0.986. The van der Waals surface area contributed by atoms with Crippen molar-refractivity contribution in [2.75, 3.05) is 17.2 Å². The summed E-state index contributed by atoms with van der Waals surface area (Å²) in [7, 11) is 0. The molecule has 4 heteroatoms. The minimum atomic E-state index is 0.0155. The molecule has 0 aliphatic rings. The Morgan fingerprint density at radius 2 is 2.18 bits per heavy atom. The Bertz CT molecular complexity index is 346. The van der Waals surface area contributed by atoms with Gasteiger partial charge in [-0.1, -0.05) is 20.8 Å². The molecule has 17 heavy (non-hydrogen) atoms. The maximum absolute atomic E-state index is 11.5. The van der Waals surface area contributed by atoms with Crippen LogP contribution in [-0.4, -0.2) is 17.4 Å². The van der Waals surface area contributed by atoms with Gasteiger partial charge in [0, 0.05) is 13.0 Å². The first kappa shape index (κ1) is 13.5. The molecule has 0 fully saturated rings. The largest absolute Gasteiger partial charge is 0.384 e. The SMILES string of the molecule is CCCNc1ccc(NC(=O)CC(C)C)nc1. The van der Waals surface area contributed by atoms with Crippen molar-refractivity contribution < 1.29 is 4.79 Å². The highest BCUT2D eigenvalue weighted by molar-refractivity contribution is 5.89. The summed E-state index contributed by atoms with van der Waals surface area (Å²) in [6.45, 7) is 7.08. The Balaban J connectivity index is 2.47. The van der Waals surface area contributed by atoms with Gasteiger partial charge in [0.2, 0.25) is 5.91 Å². The molecule has 0 aromatic carbocycles. The molecule has 0 aliphatic carbocycles. The van der Waals surface area contributed by atoms with Crippen molar-refractivity contribution in [2.24, 2.45) is 5.92 Å². The molecule has 0 saturated heterocycles. The molecule has 1 heterocycles. The molecule has 0 saturated carbocycles. The summed E-state index contributed by atoms with van der Waals surface area (Å²) in [6, 6.07) is 3.74. The number of hydrogen-bond donors (Lipinski definition) is 2. The fourth-order valence-corrected chi connectivity index (χ4v) is 1.41. The zero-order chi connectivity index (χ0) is 12.7. The van der Waals surface area contributed by atoms with Gasteiger partial charge in [-0.2, -0.15) is 0 Å². The number of nitrogens with zero attached hydrogens (tertiary/aromatic N) is 1. The predicted octanol–water partition coefficient (Wildman–Crippen LogP) is 2.89. The van der Waals surface area contributed by atoms with Crippen molar-refractivity contribution in [1.29, 1.82) is 0 Å². The van der Waals surface area contributed by atoms with Gasteiger partial charge in [0.1, 0.15) is 5.82 Å². The standard InChI is InChI=1S/C13H21N3O/c1-4-7-14-11-5-6-12(15-9-11)16-13(17)8-10(2)3/h5-6,9-10,14H,4,7-8H2,1-3H3,(H,15,16,17). The molecule has 0 radical (unpaired) electrons. The second-order valence-electron chi connectivity index (χ2n) is 4.51. The van der Waals surface area contributed by atoms with Gasteiger partial charge in [-0.05, 0) is 24.5 Å². The summed E-state index contributed by atoms with van der Waals surface area (Å²) in [4.78, 5) is 15.7. The van der Waals surface area contributed by atoms with Gasteiger partial charge in [0.05, 0.1) is 11.9 Å². The molecule has 0 aliphatic heterocycles. The van der Waals surface area contributed by atoms with E-state index in [2.05, 4.69) is 22.5 Å². The lowest BCUT2D eigenvalue weighted by Crippen LogP contribution is -2.14. The first-order valence-electron chi connectivity index (χ1n) is 6.11. The van der Waals surface area contributed by atoms with Crippen molar-refractivity contribution in [1.82, 2.24) is 4.98 Å². The number of carbonyl (C=O) groups is 1. The Morgan fingerprint density at radius 1 is 1.41 bits per heavy atom. The van der Waals surface area contributed by atoms with Gasteiger partial charge in [-0.3, -0.25) is 4.79 Å². The number of rotatable bonds is 6. The zero-order valence-corrected chi connectivity index (χ0v) is 10.8. The average Bonchev–Trinajstić information content (AvgIpc) is 2.27. The molecule has 0 spiro atoms. The van der Waals surface area contributed by atoms with Crippen LogP contribution in [0.1, 0.15) is 33.6 Å². The van der Waals surface area contributed by atoms with Crippen LogP contribution >= 0.6 is 0 Å². The Morgan fingerprint density at radius 3 is 2.71 bits per heavy atom. The van der Waals surface area contributed by atoms with E-state index in [-0.39, 0.29) is 5.91 Å². The molecule has 1 aromatic rings. The van der Waals surface area contributed by atoms with Gasteiger partial charge in [0.15, 0.2) is 0 Å². The Hall–Kier alpha value is -1.58. The maximum atomic E-state index is 11.5. The molecule has 0 atom stereocenters. The van der Waals surface area contributed by atoms with Crippen LogP contribution in [0.4, 0.5) is 11.5 Å². The van der Waals surface area contributed by atoms with E-state index in [1.807, 2.05) is 26.0 Å². The highest BCUT2D eigenvalue weighted by Crippen LogP contribution is 2.10. The van der Waals surface area contributed by atoms with E-state index in [1.165, 1.54) is 0 Å². The molecule has 94 valence electrons. The summed E-state index contributed by atoms with van der Waals surface area (Å²) in [5, 5.41) is 6.01. The van der Waals surface area contributed by atoms with E-state index in [0.29, 0.717) is 18.2 Å². The lowest BCUT2D eigenvalue weighted by molar-refractivity contribution is -0.116. The van der Waals surface area contributed by atoms with Gasteiger partial charge in [0.25, 0.3) is 0 Å². The van der Waals surface area contributed by atoms with Crippen LogP contribution in [0, 0.1) is 5.92 Å². The van der Waals surface area contributed by atoms with Gasteiger partial charge in [-0.15, -0.1) is 0 Å². The van der Waals surface area contributed by atoms with Crippen LogP contribution in [0.2, 0.25) is 0 Å². The first-order valence-corrected chi connectivity index (χ1v) is 6.11. The molecular weight excluding hydrogens is 214 g/mol. The predicted molar refractivity (Wildman–Crippen MR) is 71.1 cm³/mol. The number of nitrogens with one attached hydrogen (secondary N) is 2. The number of pyridine rings is 1. The van der Waals surface area contributed by atoms with Crippen LogP contribution in [-0.2, 0) is 4.79 Å². The lowest BCUT2D eigenvalue weighted by Gasteiger charge is -2.08. The molecule has 1 rings (SSSR count). The van der Waals surface area contributed by atoms with Crippen LogP contribution < -0.4 is 10.6 Å². The monoisotopic (exact) mass is 235 g/mol. The average molecular weight is 235 g/mol. The smallest absolute Gasteiger partial charge is 0.225 e. The topological polar surface area (TPSA) is 54.0 Å². The van der Waals surface area contributed by atoms with Crippen LogP contribution in [0.25, 0.3) is 0 Å². The number of hydrogen-bond acceptors (Lipinski definition) is 3. The third-order valence-corrected chi connectivity index (χ3v) is 2.20. The van der Waals surface area contributed by atoms with Crippen molar-refractivity contribution >= 4 is 17.4 Å². The highest BCUT2D eigenvalue weighted by Gasteiger charge is 2.05.